The Bertz CT molecular complexity index is 1170. The second-order valence-electron chi connectivity index (χ2n) is 7.87. The molecule has 1 heterocycles. The predicted molar refractivity (Wildman–Crippen MR) is 118 cm³/mol. The van der Waals surface area contributed by atoms with Crippen LogP contribution in [-0.2, 0) is 6.42 Å². The molecule has 0 radical (unpaired) electrons. The van der Waals surface area contributed by atoms with Gasteiger partial charge in [-0.2, -0.15) is 0 Å². The summed E-state index contributed by atoms with van der Waals surface area (Å²) in [6.45, 7) is 6.38. The topological polar surface area (TPSA) is 58.9 Å². The molecule has 0 aliphatic heterocycles. The first-order chi connectivity index (χ1) is 13.9. The number of non-ortho nitro benzene ring substituents is 1. The first kappa shape index (κ1) is 18.9. The molecule has 0 fully saturated rings. The van der Waals surface area contributed by atoms with Crippen LogP contribution in [0.15, 0.2) is 66.7 Å². The Hall–Kier alpha value is -3.40. The summed E-state index contributed by atoms with van der Waals surface area (Å²) in [5.41, 5.74) is 8.02. The van der Waals surface area contributed by atoms with Crippen LogP contribution >= 0.6 is 0 Å². The van der Waals surface area contributed by atoms with E-state index in [0.29, 0.717) is 0 Å². The SMILES string of the molecule is Cc1cc(C)cc(-c2[nH]c3ccc([N+](=O)[O-])cc3c2C(C)Cc2ccccc2)c1. The number of rotatable bonds is 5. The minimum atomic E-state index is -0.325. The number of nitrogens with one attached hydrogen (secondary N) is 1. The van der Waals surface area contributed by atoms with Crippen LogP contribution in [0.3, 0.4) is 0 Å². The van der Waals surface area contributed by atoms with Gasteiger partial charge in [0.05, 0.1) is 4.92 Å². The molecule has 4 rings (SSSR count). The van der Waals surface area contributed by atoms with Crippen LogP contribution in [0.25, 0.3) is 22.2 Å². The lowest BCUT2D eigenvalue weighted by Crippen LogP contribution is -2.00. The highest BCUT2D eigenvalue weighted by Gasteiger charge is 2.21. The van der Waals surface area contributed by atoms with Crippen LogP contribution in [0, 0.1) is 24.0 Å². The fourth-order valence-electron chi connectivity index (χ4n) is 4.24. The average molecular weight is 384 g/mol. The molecule has 0 saturated heterocycles. The van der Waals surface area contributed by atoms with Gasteiger partial charge in [0, 0.05) is 28.7 Å². The van der Waals surface area contributed by atoms with Gasteiger partial charge in [-0.25, -0.2) is 0 Å². The lowest BCUT2D eigenvalue weighted by molar-refractivity contribution is -0.384. The van der Waals surface area contributed by atoms with Crippen molar-refractivity contribution in [2.75, 3.05) is 0 Å². The third kappa shape index (κ3) is 3.79. The van der Waals surface area contributed by atoms with Crippen LogP contribution in [0.2, 0.25) is 0 Å². The Morgan fingerprint density at radius 3 is 2.31 bits per heavy atom. The van der Waals surface area contributed by atoms with Crippen LogP contribution in [0.1, 0.15) is 35.1 Å². The van der Waals surface area contributed by atoms with Gasteiger partial charge in [-0.05, 0) is 61.1 Å². The second-order valence-corrected chi connectivity index (χ2v) is 7.87. The molecule has 0 spiro atoms. The first-order valence-electron chi connectivity index (χ1n) is 9.85. The number of aromatic amines is 1. The molecule has 0 aliphatic rings. The number of aromatic nitrogens is 1. The van der Waals surface area contributed by atoms with Gasteiger partial charge < -0.3 is 4.98 Å². The van der Waals surface area contributed by atoms with Crippen molar-refractivity contribution in [2.45, 2.75) is 33.1 Å². The number of aryl methyl sites for hydroxylation is 2. The van der Waals surface area contributed by atoms with E-state index in [4.69, 9.17) is 0 Å². The van der Waals surface area contributed by atoms with E-state index in [1.807, 2.05) is 24.3 Å². The maximum atomic E-state index is 11.4. The van der Waals surface area contributed by atoms with Gasteiger partial charge in [0.25, 0.3) is 5.69 Å². The van der Waals surface area contributed by atoms with Crippen molar-refractivity contribution in [2.24, 2.45) is 0 Å². The average Bonchev–Trinajstić information content (AvgIpc) is 3.07. The summed E-state index contributed by atoms with van der Waals surface area (Å²) >= 11 is 0. The fraction of sp³-hybridized carbons (Fsp3) is 0.200. The number of fused-ring (bicyclic) bond motifs is 1. The number of nitro benzene ring substituents is 1. The Balaban J connectivity index is 1.92. The molecule has 0 bridgehead atoms. The maximum Gasteiger partial charge on any atom is 0.270 e. The zero-order valence-electron chi connectivity index (χ0n) is 16.9. The molecule has 146 valence electrons. The van der Waals surface area contributed by atoms with E-state index in [0.717, 1.165) is 34.1 Å². The molecule has 4 heteroatoms. The lowest BCUT2D eigenvalue weighted by Gasteiger charge is -2.15. The smallest absolute Gasteiger partial charge is 0.270 e. The van der Waals surface area contributed by atoms with E-state index in [2.05, 4.69) is 56.1 Å². The summed E-state index contributed by atoms with van der Waals surface area (Å²) in [5, 5.41) is 12.3. The molecule has 3 aromatic carbocycles. The molecule has 1 atom stereocenters. The van der Waals surface area contributed by atoms with E-state index < -0.39 is 0 Å². The quantitative estimate of drug-likeness (QED) is 0.307. The normalized spacial score (nSPS) is 12.2. The Kier molecular flexibility index (Phi) is 4.93. The highest BCUT2D eigenvalue weighted by Crippen LogP contribution is 2.39. The number of H-pyrrole nitrogens is 1. The number of nitro groups is 1. The number of hydrogen-bond donors (Lipinski definition) is 1. The van der Waals surface area contributed by atoms with E-state index >= 15 is 0 Å². The highest BCUT2D eigenvalue weighted by molar-refractivity contribution is 5.93. The second kappa shape index (κ2) is 7.55. The first-order valence-corrected chi connectivity index (χ1v) is 9.85. The van der Waals surface area contributed by atoms with E-state index in [9.17, 15) is 10.1 Å². The molecule has 0 aliphatic carbocycles. The van der Waals surface area contributed by atoms with Crippen molar-refractivity contribution < 1.29 is 4.92 Å². The molecule has 4 nitrogen and oxygen atoms in total. The van der Waals surface area contributed by atoms with E-state index in [-0.39, 0.29) is 16.5 Å². The molecular weight excluding hydrogens is 360 g/mol. The fourth-order valence-corrected chi connectivity index (χ4v) is 4.24. The van der Waals surface area contributed by atoms with Crippen molar-refractivity contribution in [3.05, 3.63) is 99.1 Å². The van der Waals surface area contributed by atoms with Gasteiger partial charge in [0.15, 0.2) is 0 Å². The monoisotopic (exact) mass is 384 g/mol. The van der Waals surface area contributed by atoms with Gasteiger partial charge >= 0.3 is 0 Å². The molecule has 1 aromatic heterocycles. The summed E-state index contributed by atoms with van der Waals surface area (Å²) in [7, 11) is 0. The molecule has 4 aromatic rings. The van der Waals surface area contributed by atoms with Crippen LogP contribution < -0.4 is 0 Å². The lowest BCUT2D eigenvalue weighted by atomic mass is 9.89. The van der Waals surface area contributed by atoms with E-state index in [1.165, 1.54) is 16.7 Å². The predicted octanol–water partition coefficient (Wildman–Crippen LogP) is 6.71. The Morgan fingerprint density at radius 1 is 0.966 bits per heavy atom. The minimum absolute atomic E-state index is 0.122. The zero-order chi connectivity index (χ0) is 20.5. The molecule has 1 unspecified atom stereocenters. The summed E-state index contributed by atoms with van der Waals surface area (Å²) in [6.07, 6.45) is 0.869. The summed E-state index contributed by atoms with van der Waals surface area (Å²) in [4.78, 5) is 14.6. The van der Waals surface area contributed by atoms with Crippen LogP contribution in [-0.4, -0.2) is 9.91 Å². The molecule has 1 N–H and O–H groups in total. The maximum absolute atomic E-state index is 11.4. The van der Waals surface area contributed by atoms with E-state index in [1.54, 1.807) is 12.1 Å². The molecule has 0 amide bonds. The van der Waals surface area contributed by atoms with Crippen molar-refractivity contribution in [1.82, 2.24) is 4.98 Å². The van der Waals surface area contributed by atoms with Crippen molar-refractivity contribution in [3.8, 4) is 11.3 Å². The minimum Gasteiger partial charge on any atom is -0.354 e. The van der Waals surface area contributed by atoms with Gasteiger partial charge in [0.2, 0.25) is 0 Å². The third-order valence-corrected chi connectivity index (χ3v) is 5.42. The van der Waals surface area contributed by atoms with Gasteiger partial charge in [-0.15, -0.1) is 0 Å². The molecule has 0 saturated carbocycles. The number of hydrogen-bond acceptors (Lipinski definition) is 2. The van der Waals surface area contributed by atoms with Gasteiger partial charge in [0.1, 0.15) is 0 Å². The standard InChI is InChI=1S/C25H24N2O2/c1-16-11-17(2)13-20(12-16)25-24(18(3)14-19-7-5-4-6-8-19)22-15-21(27(28)29)9-10-23(22)26-25/h4-13,15,18,26H,14H2,1-3H3. The van der Waals surface area contributed by atoms with Crippen LogP contribution in [0.4, 0.5) is 5.69 Å². The zero-order valence-corrected chi connectivity index (χ0v) is 16.9. The van der Waals surface area contributed by atoms with Crippen molar-refractivity contribution in [1.29, 1.82) is 0 Å². The van der Waals surface area contributed by atoms with Crippen LogP contribution in [0.5, 0.6) is 0 Å². The summed E-state index contributed by atoms with van der Waals surface area (Å²) in [5.74, 6) is 0.198. The van der Waals surface area contributed by atoms with Crippen molar-refractivity contribution >= 4 is 16.6 Å². The third-order valence-electron chi connectivity index (χ3n) is 5.42. The summed E-state index contributed by atoms with van der Waals surface area (Å²) < 4.78 is 0. The van der Waals surface area contributed by atoms with Gasteiger partial charge in [-0.3, -0.25) is 10.1 Å². The molecule has 29 heavy (non-hydrogen) atoms. The summed E-state index contributed by atoms with van der Waals surface area (Å²) in [6, 6.07) is 22.0. The highest BCUT2D eigenvalue weighted by atomic mass is 16.6. The number of benzene rings is 3. The Labute approximate surface area is 170 Å². The Morgan fingerprint density at radius 2 is 1.66 bits per heavy atom. The van der Waals surface area contributed by atoms with Gasteiger partial charge in [-0.1, -0.05) is 54.4 Å². The number of nitrogens with zero attached hydrogens (tertiary/aromatic N) is 1. The van der Waals surface area contributed by atoms with Crippen molar-refractivity contribution in [3.63, 3.8) is 0 Å². The molecular formula is C25H24N2O2. The largest absolute Gasteiger partial charge is 0.354 e.